The van der Waals surface area contributed by atoms with E-state index in [1.807, 2.05) is 4.90 Å². The molecule has 0 aliphatic carbocycles. The Bertz CT molecular complexity index is 1140. The molecular weight excluding hydrogens is 470 g/mol. The lowest BCUT2D eigenvalue weighted by atomic mass is 10.1. The van der Waals surface area contributed by atoms with Crippen LogP contribution in [0.1, 0.15) is 18.4 Å². The Hall–Kier alpha value is -3.02. The van der Waals surface area contributed by atoms with Gasteiger partial charge in [-0.1, -0.05) is 0 Å². The number of halogens is 2. The number of likely N-dealkylation sites (tertiary alicyclic amines) is 1. The normalized spacial score (nSPS) is 16.6. The van der Waals surface area contributed by atoms with Gasteiger partial charge in [0.1, 0.15) is 31.6 Å². The summed E-state index contributed by atoms with van der Waals surface area (Å²) in [5.41, 5.74) is 1.83. The lowest BCUT2D eigenvalue weighted by Crippen LogP contribution is -2.43. The zero-order valence-corrected chi connectivity index (χ0v) is 19.5. The van der Waals surface area contributed by atoms with E-state index in [9.17, 15) is 22.0 Å². The monoisotopic (exact) mass is 496 g/mol. The first-order chi connectivity index (χ1) is 16.3. The van der Waals surface area contributed by atoms with E-state index in [1.165, 1.54) is 17.5 Å². The van der Waals surface area contributed by atoms with Gasteiger partial charge in [0.05, 0.1) is 4.90 Å². The number of ether oxygens (including phenoxy) is 2. The largest absolute Gasteiger partial charge is 0.474 e. The van der Waals surface area contributed by atoms with Gasteiger partial charge in [-0.15, -0.1) is 0 Å². The van der Waals surface area contributed by atoms with Crippen molar-refractivity contribution < 1.29 is 31.5 Å². The molecule has 12 heteroatoms. The van der Waals surface area contributed by atoms with Crippen molar-refractivity contribution in [3.8, 4) is 5.88 Å². The van der Waals surface area contributed by atoms with E-state index in [0.717, 1.165) is 11.3 Å². The van der Waals surface area contributed by atoms with E-state index >= 15 is 0 Å². The minimum absolute atomic E-state index is 0.187. The summed E-state index contributed by atoms with van der Waals surface area (Å²) in [6, 6.07) is 6.80. The minimum atomic E-state index is -3.28. The van der Waals surface area contributed by atoms with E-state index in [4.69, 9.17) is 9.47 Å². The summed E-state index contributed by atoms with van der Waals surface area (Å²) in [7, 11) is -3.28. The number of piperidine rings is 1. The fraction of sp³-hybridized carbons (Fsp3) is 0.500. The summed E-state index contributed by atoms with van der Waals surface area (Å²) >= 11 is 0. The lowest BCUT2D eigenvalue weighted by Gasteiger charge is -2.32. The molecule has 2 aromatic rings. The van der Waals surface area contributed by atoms with E-state index in [1.54, 1.807) is 24.3 Å². The third-order valence-electron chi connectivity index (χ3n) is 5.88. The van der Waals surface area contributed by atoms with Gasteiger partial charge >= 0.3 is 6.09 Å². The molecule has 184 valence electrons. The van der Waals surface area contributed by atoms with Crippen molar-refractivity contribution in [3.63, 3.8) is 0 Å². The maximum atomic E-state index is 12.6. The van der Waals surface area contributed by atoms with E-state index < -0.39 is 35.4 Å². The van der Waals surface area contributed by atoms with Gasteiger partial charge in [-0.25, -0.2) is 32.0 Å². The molecule has 1 amide bonds. The fourth-order valence-corrected chi connectivity index (χ4v) is 4.71. The number of fused-ring (bicyclic) bond motifs is 1. The molecule has 4 rings (SSSR count). The van der Waals surface area contributed by atoms with Crippen molar-refractivity contribution in [2.45, 2.75) is 36.4 Å². The molecule has 0 N–H and O–H groups in total. The van der Waals surface area contributed by atoms with Crippen molar-refractivity contribution in [1.82, 2.24) is 14.9 Å². The van der Waals surface area contributed by atoms with Crippen LogP contribution in [0, 0.1) is 0 Å². The van der Waals surface area contributed by atoms with Crippen LogP contribution in [0.2, 0.25) is 0 Å². The van der Waals surface area contributed by atoms with Gasteiger partial charge in [-0.2, -0.15) is 0 Å². The van der Waals surface area contributed by atoms with Gasteiger partial charge < -0.3 is 19.3 Å². The van der Waals surface area contributed by atoms with Crippen molar-refractivity contribution in [2.24, 2.45) is 0 Å². The number of sulfone groups is 1. The molecule has 3 heterocycles. The van der Waals surface area contributed by atoms with Crippen molar-refractivity contribution >= 4 is 27.4 Å². The molecular formula is C22H26F2N4O5S. The molecule has 2 aliphatic heterocycles. The highest BCUT2D eigenvalue weighted by molar-refractivity contribution is 7.90. The summed E-state index contributed by atoms with van der Waals surface area (Å²) in [6.07, 6.45) is 2.05. The number of aromatic nitrogens is 2. The molecule has 1 aromatic carbocycles. The lowest BCUT2D eigenvalue weighted by molar-refractivity contribution is 0.0245. The van der Waals surface area contributed by atoms with Crippen molar-refractivity contribution in [2.75, 3.05) is 44.1 Å². The summed E-state index contributed by atoms with van der Waals surface area (Å²) < 4.78 is 59.7. The molecule has 1 saturated heterocycles. The Morgan fingerprint density at radius 1 is 1.15 bits per heavy atom. The first-order valence-corrected chi connectivity index (χ1v) is 12.8. The first-order valence-electron chi connectivity index (χ1n) is 10.9. The average Bonchev–Trinajstić information content (AvgIpc) is 3.26. The Kier molecular flexibility index (Phi) is 7.15. The van der Waals surface area contributed by atoms with Crippen LogP contribution >= 0.6 is 0 Å². The number of hydrogen-bond acceptors (Lipinski definition) is 8. The Morgan fingerprint density at radius 2 is 1.88 bits per heavy atom. The first kappa shape index (κ1) is 24.1. The predicted molar refractivity (Wildman–Crippen MR) is 120 cm³/mol. The van der Waals surface area contributed by atoms with Crippen LogP contribution < -0.4 is 9.64 Å². The Morgan fingerprint density at radius 3 is 2.56 bits per heavy atom. The zero-order chi connectivity index (χ0) is 24.3. The van der Waals surface area contributed by atoms with E-state index in [0.29, 0.717) is 55.5 Å². The fourth-order valence-electron chi connectivity index (χ4n) is 4.04. The average molecular weight is 497 g/mol. The Balaban J connectivity index is 1.37. The van der Waals surface area contributed by atoms with Crippen LogP contribution in [0.15, 0.2) is 35.5 Å². The van der Waals surface area contributed by atoms with Crippen molar-refractivity contribution in [3.05, 3.63) is 36.2 Å². The number of nitrogens with zero attached hydrogens (tertiary/aromatic N) is 4. The number of benzene rings is 1. The summed E-state index contributed by atoms with van der Waals surface area (Å²) in [6.45, 7) is -0.779. The number of alkyl halides is 2. The van der Waals surface area contributed by atoms with Gasteiger partial charge in [0, 0.05) is 50.5 Å². The summed E-state index contributed by atoms with van der Waals surface area (Å²) in [5.74, 6) is 1.03. The number of rotatable bonds is 7. The standard InChI is InChI=1S/C22H26F2N4O5S/c1-34(30,31)18-2-3-19-15(10-18)4-9-28(19)20-11-21(26-14-25-20)32-16-5-7-27(8-6-16)22(29)33-17(12-23)13-24/h2-3,10-11,14,16-17H,4-9,12-13H2,1H3. The minimum Gasteiger partial charge on any atom is -0.474 e. The molecule has 0 spiro atoms. The predicted octanol–water partition coefficient (Wildman–Crippen LogP) is 2.86. The summed E-state index contributed by atoms with van der Waals surface area (Å²) in [5, 5.41) is 0. The summed E-state index contributed by atoms with van der Waals surface area (Å²) in [4.78, 5) is 24.3. The van der Waals surface area contributed by atoms with Gasteiger partial charge in [-0.05, 0) is 30.2 Å². The number of anilines is 2. The molecule has 0 bridgehead atoms. The maximum Gasteiger partial charge on any atom is 0.410 e. The molecule has 34 heavy (non-hydrogen) atoms. The third kappa shape index (κ3) is 5.37. The molecule has 0 radical (unpaired) electrons. The molecule has 1 fully saturated rings. The van der Waals surface area contributed by atoms with Gasteiger partial charge in [0.15, 0.2) is 15.9 Å². The Labute approximate surface area is 196 Å². The SMILES string of the molecule is CS(=O)(=O)c1ccc2c(c1)CCN2c1cc(OC2CCN(C(=O)OC(CF)CF)CC2)ncn1. The zero-order valence-electron chi connectivity index (χ0n) is 18.7. The van der Waals surface area contributed by atoms with Crippen LogP contribution in [0.5, 0.6) is 5.88 Å². The highest BCUT2D eigenvalue weighted by atomic mass is 32.2. The van der Waals surface area contributed by atoms with E-state index in [2.05, 4.69) is 9.97 Å². The molecule has 9 nitrogen and oxygen atoms in total. The number of hydrogen-bond donors (Lipinski definition) is 0. The second-order valence-corrected chi connectivity index (χ2v) is 10.3. The third-order valence-corrected chi connectivity index (χ3v) is 6.99. The second-order valence-electron chi connectivity index (χ2n) is 8.30. The number of carbonyl (C=O) groups is 1. The van der Waals surface area contributed by atoms with Crippen LogP contribution in [-0.4, -0.2) is 80.8 Å². The molecule has 2 aliphatic rings. The maximum absolute atomic E-state index is 12.6. The molecule has 0 atom stereocenters. The number of amides is 1. The van der Waals surface area contributed by atoms with Crippen LogP contribution in [-0.2, 0) is 21.0 Å². The smallest absolute Gasteiger partial charge is 0.410 e. The van der Waals surface area contributed by atoms with Crippen LogP contribution in [0.25, 0.3) is 0 Å². The highest BCUT2D eigenvalue weighted by Gasteiger charge is 2.28. The van der Waals surface area contributed by atoms with E-state index in [-0.39, 0.29) is 6.10 Å². The molecule has 0 saturated carbocycles. The van der Waals surface area contributed by atoms with Crippen LogP contribution in [0.3, 0.4) is 0 Å². The number of carbonyl (C=O) groups excluding carboxylic acids is 1. The quantitative estimate of drug-likeness (QED) is 0.577. The second kappa shape index (κ2) is 10.1. The molecule has 1 aromatic heterocycles. The van der Waals surface area contributed by atoms with Gasteiger partial charge in [0.25, 0.3) is 0 Å². The van der Waals surface area contributed by atoms with Crippen molar-refractivity contribution in [1.29, 1.82) is 0 Å². The van der Waals surface area contributed by atoms with Gasteiger partial charge in [-0.3, -0.25) is 0 Å². The topological polar surface area (TPSA) is 102 Å². The molecule has 0 unspecified atom stereocenters. The van der Waals surface area contributed by atoms with Gasteiger partial charge in [0.2, 0.25) is 5.88 Å². The highest BCUT2D eigenvalue weighted by Crippen LogP contribution is 2.35. The van der Waals surface area contributed by atoms with Crippen LogP contribution in [0.4, 0.5) is 25.1 Å².